The van der Waals surface area contributed by atoms with Gasteiger partial charge in [0.15, 0.2) is 0 Å². The largest absolute Gasteiger partial charge is 0.357 e. The number of pyridine rings is 1. The molecule has 2 aromatic heterocycles. The third-order valence-corrected chi connectivity index (χ3v) is 5.87. The van der Waals surface area contributed by atoms with Gasteiger partial charge < -0.3 is 15.1 Å². The Kier molecular flexibility index (Phi) is 6.76. The van der Waals surface area contributed by atoms with Crippen molar-refractivity contribution in [2.75, 3.05) is 6.54 Å². The van der Waals surface area contributed by atoms with Gasteiger partial charge in [-0.15, -0.1) is 0 Å². The van der Waals surface area contributed by atoms with Crippen molar-refractivity contribution in [3.8, 4) is 22.4 Å². The first-order valence-corrected chi connectivity index (χ1v) is 11.2. The number of nitrogens with two attached hydrogens (primary N) is 1. The molecule has 164 valence electrons. The van der Waals surface area contributed by atoms with Crippen LogP contribution in [-0.4, -0.2) is 34.1 Å². The zero-order chi connectivity index (χ0) is 22.5. The average molecular weight is 427 g/mol. The van der Waals surface area contributed by atoms with Crippen LogP contribution in [0.15, 0.2) is 65.9 Å². The second-order valence-electron chi connectivity index (χ2n) is 8.53. The van der Waals surface area contributed by atoms with E-state index in [-0.39, 0.29) is 11.8 Å². The van der Waals surface area contributed by atoms with E-state index in [0.29, 0.717) is 19.4 Å². The predicted molar refractivity (Wildman–Crippen MR) is 132 cm³/mol. The van der Waals surface area contributed by atoms with Crippen molar-refractivity contribution >= 4 is 17.6 Å². The average Bonchev–Trinajstić information content (AvgIpc) is 3.48. The second kappa shape index (κ2) is 9.88. The summed E-state index contributed by atoms with van der Waals surface area (Å²) in [6.07, 6.45) is 11.0. The number of aromatic nitrogens is 2. The Morgan fingerprint density at radius 3 is 2.69 bits per heavy atom. The number of aryl methyl sites for hydroxylation is 2. The number of benzene rings is 1. The Morgan fingerprint density at radius 2 is 1.97 bits per heavy atom. The van der Waals surface area contributed by atoms with Crippen molar-refractivity contribution in [2.45, 2.75) is 38.6 Å². The lowest BCUT2D eigenvalue weighted by atomic mass is 9.97. The molecule has 1 aromatic carbocycles. The number of hydrogen-bond acceptors (Lipinski definition) is 4. The van der Waals surface area contributed by atoms with Crippen LogP contribution in [0.5, 0.6) is 0 Å². The molecule has 0 aliphatic carbocycles. The van der Waals surface area contributed by atoms with Crippen molar-refractivity contribution < 1.29 is 4.79 Å². The Labute approximate surface area is 189 Å². The van der Waals surface area contributed by atoms with Gasteiger partial charge in [-0.1, -0.05) is 30.3 Å². The number of rotatable bonds is 9. The normalized spacial score (nSPS) is 13.9. The molecule has 3 aromatic rings. The van der Waals surface area contributed by atoms with Crippen molar-refractivity contribution in [3.05, 3.63) is 72.2 Å². The minimum absolute atomic E-state index is 0.00941. The summed E-state index contributed by atoms with van der Waals surface area (Å²) in [5.41, 5.74) is 14.0. The van der Waals surface area contributed by atoms with Crippen molar-refractivity contribution in [3.63, 3.8) is 0 Å². The van der Waals surface area contributed by atoms with Crippen molar-refractivity contribution in [2.24, 2.45) is 17.8 Å². The summed E-state index contributed by atoms with van der Waals surface area (Å²) in [4.78, 5) is 20.7. The van der Waals surface area contributed by atoms with E-state index >= 15 is 0 Å². The molecule has 0 radical (unpaired) electrons. The number of carbonyl (C=O) groups excluding carboxylic acids is 1. The minimum atomic E-state index is -0.00941. The molecule has 0 spiro atoms. The van der Waals surface area contributed by atoms with Crippen LogP contribution < -0.4 is 5.73 Å². The zero-order valence-electron chi connectivity index (χ0n) is 18.8. The van der Waals surface area contributed by atoms with Gasteiger partial charge in [-0.2, -0.15) is 0 Å². The highest BCUT2D eigenvalue weighted by Crippen LogP contribution is 2.28. The van der Waals surface area contributed by atoms with Crippen molar-refractivity contribution in [1.29, 1.82) is 0 Å². The maximum absolute atomic E-state index is 11.3. The Morgan fingerprint density at radius 1 is 1.12 bits per heavy atom. The fraction of sp³-hybridized carbons (Fsp3) is 0.296. The molecular weight excluding hydrogens is 396 g/mol. The topological polar surface area (TPSA) is 73.3 Å². The predicted octanol–water partition coefficient (Wildman–Crippen LogP) is 4.85. The van der Waals surface area contributed by atoms with Crippen LogP contribution in [0.1, 0.15) is 37.4 Å². The van der Waals surface area contributed by atoms with Gasteiger partial charge in [0.2, 0.25) is 0 Å². The van der Waals surface area contributed by atoms with Gasteiger partial charge in [-0.3, -0.25) is 9.98 Å². The molecule has 0 fully saturated rings. The number of Topliss-reactive ketones (excluding diaryl/α,β-unsaturated/α-hetero) is 1. The molecule has 1 aliphatic rings. The van der Waals surface area contributed by atoms with Crippen LogP contribution in [0.4, 0.5) is 0 Å². The van der Waals surface area contributed by atoms with Crippen LogP contribution in [0, 0.1) is 0 Å². The van der Waals surface area contributed by atoms with Gasteiger partial charge in [0, 0.05) is 54.9 Å². The van der Waals surface area contributed by atoms with E-state index in [0.717, 1.165) is 40.9 Å². The summed E-state index contributed by atoms with van der Waals surface area (Å²) < 4.78 is 2.05. The summed E-state index contributed by atoms with van der Waals surface area (Å²) in [7, 11) is 2.03. The quantitative estimate of drug-likeness (QED) is 0.531. The summed E-state index contributed by atoms with van der Waals surface area (Å²) >= 11 is 0. The molecule has 2 N–H and O–H groups in total. The van der Waals surface area contributed by atoms with E-state index in [9.17, 15) is 4.79 Å². The highest BCUT2D eigenvalue weighted by Gasteiger charge is 2.14. The third-order valence-electron chi connectivity index (χ3n) is 5.87. The lowest BCUT2D eigenvalue weighted by molar-refractivity contribution is -0.117. The summed E-state index contributed by atoms with van der Waals surface area (Å²) in [5.74, 6) is 0.187. The van der Waals surface area contributed by atoms with Crippen LogP contribution in [0.25, 0.3) is 28.0 Å². The van der Waals surface area contributed by atoms with Crippen molar-refractivity contribution in [1.82, 2.24) is 9.55 Å². The number of aliphatic imine (C=N–C) groups is 1. The fourth-order valence-electron chi connectivity index (χ4n) is 4.04. The molecule has 0 saturated carbocycles. The summed E-state index contributed by atoms with van der Waals surface area (Å²) in [6, 6.07) is 14.9. The molecule has 0 amide bonds. The second-order valence-corrected chi connectivity index (χ2v) is 8.53. The molecule has 1 aliphatic heterocycles. The van der Waals surface area contributed by atoms with Crippen LogP contribution in [0.2, 0.25) is 0 Å². The maximum atomic E-state index is 11.3. The van der Waals surface area contributed by atoms with E-state index in [1.165, 1.54) is 11.1 Å². The Balaban J connectivity index is 1.62. The SMILES string of the molecule is CC(=O)CCC(N)CCc1nc(-c2cccc(-c3ccn(C)c3)c2)ccc1C1=CCN=C1. The van der Waals surface area contributed by atoms with Crippen LogP contribution in [-0.2, 0) is 18.3 Å². The van der Waals surface area contributed by atoms with E-state index in [1.54, 1.807) is 6.92 Å². The Bertz CT molecular complexity index is 1170. The van der Waals surface area contributed by atoms with E-state index < -0.39 is 0 Å². The van der Waals surface area contributed by atoms with Crippen LogP contribution in [0.3, 0.4) is 0 Å². The molecule has 0 bridgehead atoms. The first-order chi connectivity index (χ1) is 15.5. The lowest BCUT2D eigenvalue weighted by Crippen LogP contribution is -2.22. The van der Waals surface area contributed by atoms with Gasteiger partial charge in [0.1, 0.15) is 5.78 Å². The fourth-order valence-corrected chi connectivity index (χ4v) is 4.04. The smallest absolute Gasteiger partial charge is 0.129 e. The lowest BCUT2D eigenvalue weighted by Gasteiger charge is -2.14. The molecule has 0 saturated heterocycles. The minimum Gasteiger partial charge on any atom is -0.357 e. The first-order valence-electron chi connectivity index (χ1n) is 11.2. The standard InChI is InChI=1S/C27H30N4O/c1-19(32)6-7-24(28)8-10-27-25(22-12-14-29-17-22)9-11-26(30-27)21-5-3-4-20(16-21)23-13-15-31(2)18-23/h3-5,9,11-13,15-18,24H,6-8,10,14,28H2,1-2H3. The van der Waals surface area contributed by atoms with Gasteiger partial charge >= 0.3 is 0 Å². The number of ketones is 1. The first kappa shape index (κ1) is 21.9. The van der Waals surface area contributed by atoms with E-state index in [4.69, 9.17) is 10.7 Å². The van der Waals surface area contributed by atoms with Gasteiger partial charge in [-0.05, 0) is 61.1 Å². The molecule has 1 unspecified atom stereocenters. The monoisotopic (exact) mass is 426 g/mol. The molecular formula is C27H30N4O. The maximum Gasteiger partial charge on any atom is 0.129 e. The summed E-state index contributed by atoms with van der Waals surface area (Å²) in [5, 5.41) is 0. The molecule has 5 nitrogen and oxygen atoms in total. The van der Waals surface area contributed by atoms with Gasteiger partial charge in [-0.25, -0.2) is 0 Å². The zero-order valence-corrected chi connectivity index (χ0v) is 18.8. The number of allylic oxidation sites excluding steroid dienone is 1. The highest BCUT2D eigenvalue weighted by molar-refractivity contribution is 6.11. The number of carbonyl (C=O) groups is 1. The Hall–Kier alpha value is -3.31. The molecule has 3 heterocycles. The van der Waals surface area contributed by atoms with E-state index in [2.05, 4.69) is 70.5 Å². The van der Waals surface area contributed by atoms with Crippen LogP contribution >= 0.6 is 0 Å². The summed E-state index contributed by atoms with van der Waals surface area (Å²) in [6.45, 7) is 2.33. The van der Waals surface area contributed by atoms with Gasteiger partial charge in [0.25, 0.3) is 0 Å². The molecule has 5 heteroatoms. The third kappa shape index (κ3) is 5.29. The highest BCUT2D eigenvalue weighted by atomic mass is 16.1. The molecule has 32 heavy (non-hydrogen) atoms. The number of hydrogen-bond donors (Lipinski definition) is 1. The molecule has 4 rings (SSSR count). The molecule has 1 atom stereocenters. The van der Waals surface area contributed by atoms with Gasteiger partial charge in [0.05, 0.1) is 12.2 Å². The number of nitrogens with zero attached hydrogens (tertiary/aromatic N) is 3. The van der Waals surface area contributed by atoms with E-state index in [1.807, 2.05) is 13.3 Å².